The molecule has 0 atom stereocenters. The van der Waals surface area contributed by atoms with Crippen molar-refractivity contribution in [1.82, 2.24) is 10.3 Å². The summed E-state index contributed by atoms with van der Waals surface area (Å²) in [6, 6.07) is 15.5. The second-order valence-electron chi connectivity index (χ2n) is 5.46. The lowest BCUT2D eigenvalue weighted by Gasteiger charge is -2.05. The van der Waals surface area contributed by atoms with Gasteiger partial charge in [-0.1, -0.05) is 24.3 Å². The number of H-pyrrole nitrogens is 1. The zero-order valence-electron chi connectivity index (χ0n) is 12.5. The van der Waals surface area contributed by atoms with Gasteiger partial charge in [-0.25, -0.2) is 0 Å². The van der Waals surface area contributed by atoms with Gasteiger partial charge in [0.1, 0.15) is 5.69 Å². The van der Waals surface area contributed by atoms with Gasteiger partial charge < -0.3 is 19.8 Å². The molecular weight excluding hydrogens is 292 g/mol. The van der Waals surface area contributed by atoms with Gasteiger partial charge in [0.15, 0.2) is 11.5 Å². The Kier molecular flexibility index (Phi) is 3.38. The third kappa shape index (κ3) is 2.73. The van der Waals surface area contributed by atoms with E-state index in [1.807, 2.05) is 48.5 Å². The molecule has 1 aliphatic rings. The molecule has 1 aliphatic heterocycles. The van der Waals surface area contributed by atoms with Crippen LogP contribution in [-0.4, -0.2) is 24.2 Å². The van der Waals surface area contributed by atoms with Crippen molar-refractivity contribution in [3.05, 3.63) is 59.8 Å². The highest BCUT2D eigenvalue weighted by Gasteiger charge is 2.13. The minimum Gasteiger partial charge on any atom is -0.454 e. The zero-order chi connectivity index (χ0) is 15.6. The fourth-order valence-corrected chi connectivity index (χ4v) is 2.71. The molecule has 5 nitrogen and oxygen atoms in total. The quantitative estimate of drug-likeness (QED) is 0.779. The Hall–Kier alpha value is -2.95. The minimum atomic E-state index is -0.0954. The fraction of sp³-hybridized carbons (Fsp3) is 0.167. The molecule has 2 aromatic carbocycles. The number of rotatable bonds is 4. The lowest BCUT2D eigenvalue weighted by Crippen LogP contribution is -2.25. The predicted molar refractivity (Wildman–Crippen MR) is 86.9 cm³/mol. The Morgan fingerprint density at radius 1 is 1.09 bits per heavy atom. The number of fused-ring (bicyclic) bond motifs is 2. The molecule has 1 amide bonds. The van der Waals surface area contributed by atoms with E-state index in [9.17, 15) is 4.79 Å². The second-order valence-corrected chi connectivity index (χ2v) is 5.46. The molecule has 0 fully saturated rings. The average Bonchev–Trinajstić information content (AvgIpc) is 3.20. The average molecular weight is 308 g/mol. The molecule has 1 aromatic heterocycles. The SMILES string of the molecule is O=C(NCCc1ccc2c(c1)OCO2)c1cc2ccccc2[nH]1. The number of carbonyl (C=O) groups is 1. The summed E-state index contributed by atoms with van der Waals surface area (Å²) in [5, 5.41) is 3.97. The van der Waals surface area contributed by atoms with Gasteiger partial charge in [-0.15, -0.1) is 0 Å². The molecule has 116 valence electrons. The lowest BCUT2D eigenvalue weighted by molar-refractivity contribution is 0.0950. The number of hydrogen-bond acceptors (Lipinski definition) is 3. The Bertz CT molecular complexity index is 837. The van der Waals surface area contributed by atoms with Crippen LogP contribution in [0.2, 0.25) is 0 Å². The highest BCUT2D eigenvalue weighted by molar-refractivity contribution is 5.97. The summed E-state index contributed by atoms with van der Waals surface area (Å²) in [6.07, 6.45) is 0.739. The molecule has 0 bridgehead atoms. The maximum absolute atomic E-state index is 12.2. The molecule has 2 N–H and O–H groups in total. The smallest absolute Gasteiger partial charge is 0.267 e. The summed E-state index contributed by atoms with van der Waals surface area (Å²) in [5.74, 6) is 1.45. The largest absolute Gasteiger partial charge is 0.454 e. The van der Waals surface area contributed by atoms with Crippen LogP contribution in [0, 0.1) is 0 Å². The van der Waals surface area contributed by atoms with Gasteiger partial charge in [0.25, 0.3) is 5.91 Å². The van der Waals surface area contributed by atoms with Crippen LogP contribution in [0.5, 0.6) is 11.5 Å². The van der Waals surface area contributed by atoms with Gasteiger partial charge in [-0.3, -0.25) is 4.79 Å². The number of carbonyl (C=O) groups excluding carboxylic acids is 1. The number of nitrogens with one attached hydrogen (secondary N) is 2. The van der Waals surface area contributed by atoms with Crippen molar-refractivity contribution in [2.75, 3.05) is 13.3 Å². The molecule has 0 aliphatic carbocycles. The molecule has 5 heteroatoms. The van der Waals surface area contributed by atoms with Gasteiger partial charge in [0.05, 0.1) is 0 Å². The van der Waals surface area contributed by atoms with Crippen LogP contribution >= 0.6 is 0 Å². The zero-order valence-corrected chi connectivity index (χ0v) is 12.5. The number of aromatic nitrogens is 1. The third-order valence-electron chi connectivity index (χ3n) is 3.91. The Morgan fingerprint density at radius 2 is 1.96 bits per heavy atom. The van der Waals surface area contributed by atoms with Gasteiger partial charge in [-0.2, -0.15) is 0 Å². The van der Waals surface area contributed by atoms with E-state index in [0.717, 1.165) is 34.4 Å². The first-order valence-electron chi connectivity index (χ1n) is 7.54. The van der Waals surface area contributed by atoms with E-state index >= 15 is 0 Å². The molecular formula is C18H16N2O3. The highest BCUT2D eigenvalue weighted by atomic mass is 16.7. The molecule has 0 spiro atoms. The highest BCUT2D eigenvalue weighted by Crippen LogP contribution is 2.32. The van der Waals surface area contributed by atoms with E-state index in [1.165, 1.54) is 0 Å². The number of amides is 1. The normalized spacial score (nSPS) is 12.5. The van der Waals surface area contributed by atoms with Crippen molar-refractivity contribution in [2.24, 2.45) is 0 Å². The molecule has 0 saturated carbocycles. The number of hydrogen-bond donors (Lipinski definition) is 2. The lowest BCUT2D eigenvalue weighted by atomic mass is 10.1. The number of ether oxygens (including phenoxy) is 2. The monoisotopic (exact) mass is 308 g/mol. The first kappa shape index (κ1) is 13.7. The molecule has 0 unspecified atom stereocenters. The van der Waals surface area contributed by atoms with E-state index in [4.69, 9.17) is 9.47 Å². The summed E-state index contributed by atoms with van der Waals surface area (Å²) < 4.78 is 10.6. The molecule has 0 saturated heterocycles. The van der Waals surface area contributed by atoms with Crippen molar-refractivity contribution < 1.29 is 14.3 Å². The first-order valence-corrected chi connectivity index (χ1v) is 7.54. The van der Waals surface area contributed by atoms with E-state index < -0.39 is 0 Å². The van der Waals surface area contributed by atoms with E-state index in [-0.39, 0.29) is 12.7 Å². The predicted octanol–water partition coefficient (Wildman–Crippen LogP) is 2.87. The number of para-hydroxylation sites is 1. The van der Waals surface area contributed by atoms with Crippen molar-refractivity contribution in [1.29, 1.82) is 0 Å². The van der Waals surface area contributed by atoms with Crippen molar-refractivity contribution in [3.63, 3.8) is 0 Å². The molecule has 2 heterocycles. The molecule has 0 radical (unpaired) electrons. The van der Waals surface area contributed by atoms with E-state index in [0.29, 0.717) is 12.2 Å². The molecule has 3 aromatic rings. The summed E-state index contributed by atoms with van der Waals surface area (Å²) in [4.78, 5) is 15.3. The standard InChI is InChI=1S/C18H16N2O3/c21-18(15-10-13-3-1-2-4-14(13)20-15)19-8-7-12-5-6-16-17(9-12)23-11-22-16/h1-6,9-10,20H,7-8,11H2,(H,19,21). The molecule has 23 heavy (non-hydrogen) atoms. The fourth-order valence-electron chi connectivity index (χ4n) is 2.71. The summed E-state index contributed by atoms with van der Waals surface area (Å²) in [7, 11) is 0. The number of aromatic amines is 1. The van der Waals surface area contributed by atoms with Crippen LogP contribution in [0.4, 0.5) is 0 Å². The van der Waals surface area contributed by atoms with E-state index in [2.05, 4.69) is 10.3 Å². The van der Waals surface area contributed by atoms with Gasteiger partial charge in [0.2, 0.25) is 6.79 Å². The Labute approximate surface area is 133 Å². The second kappa shape index (κ2) is 5.68. The van der Waals surface area contributed by atoms with Crippen LogP contribution < -0.4 is 14.8 Å². The molecule has 4 rings (SSSR count). The van der Waals surface area contributed by atoms with Gasteiger partial charge in [0, 0.05) is 17.4 Å². The number of benzene rings is 2. The third-order valence-corrected chi connectivity index (χ3v) is 3.91. The van der Waals surface area contributed by atoms with Crippen LogP contribution in [0.15, 0.2) is 48.5 Å². The van der Waals surface area contributed by atoms with Crippen LogP contribution in [0.25, 0.3) is 10.9 Å². The summed E-state index contributed by atoms with van der Waals surface area (Å²) in [5.41, 5.74) is 2.65. The maximum Gasteiger partial charge on any atom is 0.267 e. The maximum atomic E-state index is 12.2. The summed E-state index contributed by atoms with van der Waals surface area (Å²) in [6.45, 7) is 0.837. The van der Waals surface area contributed by atoms with Crippen LogP contribution in [0.1, 0.15) is 16.1 Å². The Morgan fingerprint density at radius 3 is 2.87 bits per heavy atom. The van der Waals surface area contributed by atoms with Crippen molar-refractivity contribution in [2.45, 2.75) is 6.42 Å². The topological polar surface area (TPSA) is 63.4 Å². The van der Waals surface area contributed by atoms with Crippen LogP contribution in [-0.2, 0) is 6.42 Å². The van der Waals surface area contributed by atoms with Gasteiger partial charge >= 0.3 is 0 Å². The van der Waals surface area contributed by atoms with Crippen LogP contribution in [0.3, 0.4) is 0 Å². The minimum absolute atomic E-state index is 0.0954. The van der Waals surface area contributed by atoms with Crippen molar-refractivity contribution in [3.8, 4) is 11.5 Å². The van der Waals surface area contributed by atoms with Gasteiger partial charge in [-0.05, 0) is 36.2 Å². The summed E-state index contributed by atoms with van der Waals surface area (Å²) >= 11 is 0. The Balaban J connectivity index is 1.38. The van der Waals surface area contributed by atoms with E-state index in [1.54, 1.807) is 0 Å². The van der Waals surface area contributed by atoms with Crippen molar-refractivity contribution >= 4 is 16.8 Å². The first-order chi connectivity index (χ1) is 11.3.